The maximum Gasteiger partial charge on any atom is 0.418 e. The van der Waals surface area contributed by atoms with Crippen molar-refractivity contribution in [2.45, 2.75) is 19.5 Å². The maximum atomic E-state index is 12.7. The molecular formula is C13H17F3N2O2. The Labute approximate surface area is 115 Å². The lowest BCUT2D eigenvalue weighted by molar-refractivity contribution is -0.136. The number of carbonyl (C=O) groups is 1. The van der Waals surface area contributed by atoms with Gasteiger partial charge in [0.1, 0.15) is 0 Å². The Kier molecular flexibility index (Phi) is 5.82. The summed E-state index contributed by atoms with van der Waals surface area (Å²) in [5.41, 5.74) is 3.69. The van der Waals surface area contributed by atoms with E-state index in [1.54, 1.807) is 0 Å². The van der Waals surface area contributed by atoms with Gasteiger partial charge in [-0.05, 0) is 25.5 Å². The fourth-order valence-corrected chi connectivity index (χ4v) is 1.63. The van der Waals surface area contributed by atoms with Crippen molar-refractivity contribution >= 4 is 11.6 Å². The minimum absolute atomic E-state index is 0.170. The fraction of sp³-hybridized carbons (Fsp3) is 0.462. The number of benzene rings is 1. The minimum Gasteiger partial charge on any atom is -0.398 e. The SMILES string of the molecule is CCOCCCNC(=O)c1cccc(C(F)(F)F)c1N. The number of carbonyl (C=O) groups excluding carboxylic acids is 1. The summed E-state index contributed by atoms with van der Waals surface area (Å²) in [7, 11) is 0. The van der Waals surface area contributed by atoms with Crippen LogP contribution < -0.4 is 11.1 Å². The molecule has 4 nitrogen and oxygen atoms in total. The van der Waals surface area contributed by atoms with Gasteiger partial charge in [-0.25, -0.2) is 0 Å². The van der Waals surface area contributed by atoms with Crippen LogP contribution in [-0.2, 0) is 10.9 Å². The van der Waals surface area contributed by atoms with Gasteiger partial charge in [-0.3, -0.25) is 4.79 Å². The van der Waals surface area contributed by atoms with Crippen molar-refractivity contribution in [2.75, 3.05) is 25.5 Å². The second-order valence-corrected chi connectivity index (χ2v) is 4.07. The molecule has 20 heavy (non-hydrogen) atoms. The van der Waals surface area contributed by atoms with Crippen molar-refractivity contribution in [3.63, 3.8) is 0 Å². The molecule has 0 aromatic heterocycles. The van der Waals surface area contributed by atoms with Gasteiger partial charge in [0.05, 0.1) is 16.8 Å². The van der Waals surface area contributed by atoms with E-state index in [1.807, 2.05) is 6.92 Å². The Morgan fingerprint density at radius 1 is 1.40 bits per heavy atom. The largest absolute Gasteiger partial charge is 0.418 e. The van der Waals surface area contributed by atoms with Crippen LogP contribution >= 0.6 is 0 Å². The maximum absolute atomic E-state index is 12.7. The zero-order valence-electron chi connectivity index (χ0n) is 11.1. The number of anilines is 1. The number of para-hydroxylation sites is 1. The third-order valence-electron chi connectivity index (χ3n) is 2.61. The summed E-state index contributed by atoms with van der Waals surface area (Å²) >= 11 is 0. The van der Waals surface area contributed by atoms with Crippen LogP contribution in [0.25, 0.3) is 0 Å². The highest BCUT2D eigenvalue weighted by molar-refractivity contribution is 5.99. The first-order valence-electron chi connectivity index (χ1n) is 6.19. The molecule has 0 radical (unpaired) electrons. The van der Waals surface area contributed by atoms with Crippen molar-refractivity contribution in [1.82, 2.24) is 5.32 Å². The third kappa shape index (κ3) is 4.41. The summed E-state index contributed by atoms with van der Waals surface area (Å²) in [6.07, 6.45) is -3.99. The van der Waals surface area contributed by atoms with Gasteiger partial charge in [0.25, 0.3) is 5.91 Å². The molecule has 0 saturated carbocycles. The number of hydrogen-bond donors (Lipinski definition) is 2. The Hall–Kier alpha value is -1.76. The van der Waals surface area contributed by atoms with Crippen LogP contribution in [-0.4, -0.2) is 25.7 Å². The molecule has 0 aliphatic carbocycles. The Bertz CT molecular complexity index is 461. The molecule has 0 aliphatic rings. The zero-order valence-corrected chi connectivity index (χ0v) is 11.1. The number of ether oxygens (including phenoxy) is 1. The third-order valence-corrected chi connectivity index (χ3v) is 2.61. The van der Waals surface area contributed by atoms with Crippen molar-refractivity contribution in [2.24, 2.45) is 0 Å². The molecule has 0 heterocycles. The van der Waals surface area contributed by atoms with Gasteiger partial charge >= 0.3 is 6.18 Å². The highest BCUT2D eigenvalue weighted by Gasteiger charge is 2.34. The van der Waals surface area contributed by atoms with Crippen LogP contribution in [0, 0.1) is 0 Å². The van der Waals surface area contributed by atoms with Crippen molar-refractivity contribution in [1.29, 1.82) is 0 Å². The molecule has 3 N–H and O–H groups in total. The Morgan fingerprint density at radius 3 is 2.70 bits per heavy atom. The zero-order chi connectivity index (χ0) is 15.2. The smallest absolute Gasteiger partial charge is 0.398 e. The summed E-state index contributed by atoms with van der Waals surface area (Å²) in [4.78, 5) is 11.8. The Morgan fingerprint density at radius 2 is 2.10 bits per heavy atom. The molecule has 1 rings (SSSR count). The average Bonchev–Trinajstić information content (AvgIpc) is 2.37. The van der Waals surface area contributed by atoms with E-state index in [2.05, 4.69) is 5.32 Å². The normalized spacial score (nSPS) is 11.4. The van der Waals surface area contributed by atoms with E-state index in [0.717, 1.165) is 12.1 Å². The first-order chi connectivity index (χ1) is 9.38. The predicted octanol–water partition coefficient (Wildman–Crippen LogP) is 2.44. The fourth-order valence-electron chi connectivity index (χ4n) is 1.63. The molecule has 112 valence electrons. The number of amides is 1. The van der Waals surface area contributed by atoms with Crippen LogP contribution in [0.15, 0.2) is 18.2 Å². The number of nitrogen functional groups attached to an aromatic ring is 1. The number of halogens is 3. The lowest BCUT2D eigenvalue weighted by atomic mass is 10.1. The minimum atomic E-state index is -4.57. The number of alkyl halides is 3. The number of nitrogens with one attached hydrogen (secondary N) is 1. The van der Waals surface area contributed by atoms with E-state index >= 15 is 0 Å². The molecule has 0 saturated heterocycles. The summed E-state index contributed by atoms with van der Waals surface area (Å²) < 4.78 is 43.0. The van der Waals surface area contributed by atoms with Crippen molar-refractivity contribution in [3.05, 3.63) is 29.3 Å². The van der Waals surface area contributed by atoms with E-state index in [-0.39, 0.29) is 5.56 Å². The predicted molar refractivity (Wildman–Crippen MR) is 69.3 cm³/mol. The quantitative estimate of drug-likeness (QED) is 0.625. The lowest BCUT2D eigenvalue weighted by Crippen LogP contribution is -2.27. The molecule has 0 atom stereocenters. The van der Waals surface area contributed by atoms with E-state index in [9.17, 15) is 18.0 Å². The molecule has 0 unspecified atom stereocenters. The molecular weight excluding hydrogens is 273 g/mol. The number of hydrogen-bond acceptors (Lipinski definition) is 3. The molecule has 0 fully saturated rings. The lowest BCUT2D eigenvalue weighted by Gasteiger charge is -2.13. The van der Waals surface area contributed by atoms with Gasteiger partial charge in [0.2, 0.25) is 0 Å². The second-order valence-electron chi connectivity index (χ2n) is 4.07. The van der Waals surface area contributed by atoms with Gasteiger partial charge in [-0.15, -0.1) is 0 Å². The van der Waals surface area contributed by atoms with Gasteiger partial charge in [0.15, 0.2) is 0 Å². The van der Waals surface area contributed by atoms with Gasteiger partial charge in [-0.1, -0.05) is 6.07 Å². The van der Waals surface area contributed by atoms with Crippen molar-refractivity contribution < 1.29 is 22.7 Å². The van der Waals surface area contributed by atoms with Gasteiger partial charge < -0.3 is 15.8 Å². The summed E-state index contributed by atoms with van der Waals surface area (Å²) in [6.45, 7) is 3.22. The molecule has 0 aliphatic heterocycles. The van der Waals surface area contributed by atoms with Gasteiger partial charge in [-0.2, -0.15) is 13.2 Å². The Balaban J connectivity index is 2.69. The van der Waals surface area contributed by atoms with Crippen LogP contribution in [0.5, 0.6) is 0 Å². The number of rotatable bonds is 6. The topological polar surface area (TPSA) is 64.3 Å². The first kappa shape index (κ1) is 16.3. The van der Waals surface area contributed by atoms with Crippen LogP contribution in [0.1, 0.15) is 29.3 Å². The molecule has 1 aromatic rings. The van der Waals surface area contributed by atoms with Crippen LogP contribution in [0.2, 0.25) is 0 Å². The average molecular weight is 290 g/mol. The highest BCUT2D eigenvalue weighted by atomic mass is 19.4. The van der Waals surface area contributed by atoms with E-state index < -0.39 is 23.3 Å². The molecule has 7 heteroatoms. The van der Waals surface area contributed by atoms with Gasteiger partial charge in [0, 0.05) is 19.8 Å². The standard InChI is InChI=1S/C13H17F3N2O2/c1-2-20-8-4-7-18-12(19)9-5-3-6-10(11(9)17)13(14,15)16/h3,5-6H,2,4,7-8,17H2,1H3,(H,18,19). The molecule has 1 aromatic carbocycles. The van der Waals surface area contributed by atoms with E-state index in [1.165, 1.54) is 6.07 Å². The monoisotopic (exact) mass is 290 g/mol. The van der Waals surface area contributed by atoms with Crippen LogP contribution in [0.3, 0.4) is 0 Å². The molecule has 0 bridgehead atoms. The van der Waals surface area contributed by atoms with E-state index in [4.69, 9.17) is 10.5 Å². The van der Waals surface area contributed by atoms with Crippen molar-refractivity contribution in [3.8, 4) is 0 Å². The highest BCUT2D eigenvalue weighted by Crippen LogP contribution is 2.34. The summed E-state index contributed by atoms with van der Waals surface area (Å²) in [5.74, 6) is -0.620. The van der Waals surface area contributed by atoms with E-state index in [0.29, 0.717) is 26.2 Å². The second kappa shape index (κ2) is 7.14. The summed E-state index contributed by atoms with van der Waals surface area (Å²) in [5, 5.41) is 2.51. The summed E-state index contributed by atoms with van der Waals surface area (Å²) in [6, 6.07) is 3.28. The molecule has 1 amide bonds. The van der Waals surface area contributed by atoms with Crippen LogP contribution in [0.4, 0.5) is 18.9 Å². The number of nitrogens with two attached hydrogens (primary N) is 1. The molecule has 0 spiro atoms. The first-order valence-corrected chi connectivity index (χ1v) is 6.19.